The van der Waals surface area contributed by atoms with Crippen LogP contribution in [0.5, 0.6) is 0 Å². The SMILES string of the molecule is Cc1ccccc1Cn1cc(NS(=O)(=O)c2ccc(Br)cc2)cn1. The molecule has 1 heterocycles. The monoisotopic (exact) mass is 405 g/mol. The van der Waals surface area contributed by atoms with E-state index in [0.29, 0.717) is 12.2 Å². The summed E-state index contributed by atoms with van der Waals surface area (Å²) in [5.41, 5.74) is 2.75. The summed E-state index contributed by atoms with van der Waals surface area (Å²) in [5, 5.41) is 4.23. The Morgan fingerprint density at radius 2 is 1.83 bits per heavy atom. The smallest absolute Gasteiger partial charge is 0.261 e. The van der Waals surface area contributed by atoms with Crippen molar-refractivity contribution in [3.8, 4) is 0 Å². The molecule has 0 bridgehead atoms. The average molecular weight is 406 g/mol. The van der Waals surface area contributed by atoms with Crippen molar-refractivity contribution < 1.29 is 8.42 Å². The standard InChI is InChI=1S/C17H16BrN3O2S/c1-13-4-2-3-5-14(13)11-21-12-16(10-19-21)20-24(22,23)17-8-6-15(18)7-9-17/h2-10,12,20H,11H2,1H3. The zero-order valence-electron chi connectivity index (χ0n) is 13.0. The molecule has 3 aromatic rings. The quantitative estimate of drug-likeness (QED) is 0.701. The van der Waals surface area contributed by atoms with Gasteiger partial charge in [-0.25, -0.2) is 8.42 Å². The lowest BCUT2D eigenvalue weighted by molar-refractivity contribution is 0.601. The van der Waals surface area contributed by atoms with E-state index in [1.165, 1.54) is 11.8 Å². The molecule has 0 radical (unpaired) electrons. The fraction of sp³-hybridized carbons (Fsp3) is 0.118. The van der Waals surface area contributed by atoms with E-state index in [0.717, 1.165) is 10.0 Å². The number of halogens is 1. The number of hydrogen-bond acceptors (Lipinski definition) is 3. The van der Waals surface area contributed by atoms with Crippen LogP contribution in [0.4, 0.5) is 5.69 Å². The number of benzene rings is 2. The predicted molar refractivity (Wildman–Crippen MR) is 97.5 cm³/mol. The summed E-state index contributed by atoms with van der Waals surface area (Å²) in [6.07, 6.45) is 3.19. The molecule has 124 valence electrons. The van der Waals surface area contributed by atoms with Crippen LogP contribution >= 0.6 is 15.9 Å². The van der Waals surface area contributed by atoms with Crippen LogP contribution in [-0.2, 0) is 16.6 Å². The number of sulfonamides is 1. The Morgan fingerprint density at radius 1 is 1.12 bits per heavy atom. The third-order valence-electron chi connectivity index (χ3n) is 3.60. The van der Waals surface area contributed by atoms with E-state index < -0.39 is 10.0 Å². The lowest BCUT2D eigenvalue weighted by Gasteiger charge is -2.06. The average Bonchev–Trinajstić information content (AvgIpc) is 2.96. The number of aromatic nitrogens is 2. The molecule has 0 aliphatic heterocycles. The van der Waals surface area contributed by atoms with Gasteiger partial charge in [-0.2, -0.15) is 5.10 Å². The maximum absolute atomic E-state index is 12.4. The second-order valence-corrected chi connectivity index (χ2v) is 8.01. The molecule has 0 aliphatic carbocycles. The Bertz CT molecular complexity index is 950. The first-order chi connectivity index (χ1) is 11.4. The summed E-state index contributed by atoms with van der Waals surface area (Å²) in [6, 6.07) is 14.5. The molecule has 0 amide bonds. The summed E-state index contributed by atoms with van der Waals surface area (Å²) < 4.78 is 29.8. The predicted octanol–water partition coefficient (Wildman–Crippen LogP) is 3.80. The largest absolute Gasteiger partial charge is 0.276 e. The molecule has 5 nitrogen and oxygen atoms in total. The maximum atomic E-state index is 12.4. The lowest BCUT2D eigenvalue weighted by atomic mass is 10.1. The molecule has 1 aromatic heterocycles. The number of hydrogen-bond donors (Lipinski definition) is 1. The molecule has 0 atom stereocenters. The summed E-state index contributed by atoms with van der Waals surface area (Å²) in [5.74, 6) is 0. The van der Waals surface area contributed by atoms with Gasteiger partial charge in [0, 0.05) is 10.7 Å². The number of aryl methyl sites for hydroxylation is 1. The molecule has 2 aromatic carbocycles. The molecule has 0 fully saturated rings. The van der Waals surface area contributed by atoms with E-state index in [-0.39, 0.29) is 4.90 Å². The molecule has 0 aliphatic rings. The van der Waals surface area contributed by atoms with Crippen LogP contribution in [0.15, 0.2) is 70.3 Å². The van der Waals surface area contributed by atoms with Crippen LogP contribution in [0.3, 0.4) is 0 Å². The summed E-state index contributed by atoms with van der Waals surface area (Å²) in [6.45, 7) is 2.63. The van der Waals surface area contributed by atoms with Gasteiger partial charge in [0.15, 0.2) is 0 Å². The van der Waals surface area contributed by atoms with Crippen LogP contribution in [0.25, 0.3) is 0 Å². The van der Waals surface area contributed by atoms with Crippen LogP contribution in [0.2, 0.25) is 0 Å². The van der Waals surface area contributed by atoms with Crippen molar-refractivity contribution >= 4 is 31.6 Å². The molecule has 7 heteroatoms. The highest BCUT2D eigenvalue weighted by molar-refractivity contribution is 9.10. The van der Waals surface area contributed by atoms with E-state index in [2.05, 4.69) is 25.8 Å². The van der Waals surface area contributed by atoms with Crippen LogP contribution in [-0.4, -0.2) is 18.2 Å². The van der Waals surface area contributed by atoms with E-state index in [4.69, 9.17) is 0 Å². The molecule has 1 N–H and O–H groups in total. The second kappa shape index (κ2) is 6.78. The third-order valence-corrected chi connectivity index (χ3v) is 5.53. The van der Waals surface area contributed by atoms with Gasteiger partial charge in [-0.3, -0.25) is 9.40 Å². The number of nitrogens with one attached hydrogen (secondary N) is 1. The zero-order valence-corrected chi connectivity index (χ0v) is 15.4. The first kappa shape index (κ1) is 16.7. The molecule has 0 saturated carbocycles. The Hall–Kier alpha value is -2.12. The van der Waals surface area contributed by atoms with Crippen molar-refractivity contribution in [2.24, 2.45) is 0 Å². The van der Waals surface area contributed by atoms with Gasteiger partial charge in [-0.15, -0.1) is 0 Å². The van der Waals surface area contributed by atoms with E-state index in [9.17, 15) is 8.42 Å². The van der Waals surface area contributed by atoms with Gasteiger partial charge in [-0.1, -0.05) is 40.2 Å². The van der Waals surface area contributed by atoms with E-state index in [1.807, 2.05) is 31.2 Å². The van der Waals surface area contributed by atoms with Crippen molar-refractivity contribution in [2.75, 3.05) is 4.72 Å². The Labute approximate surface area is 149 Å². The van der Waals surface area contributed by atoms with Gasteiger partial charge >= 0.3 is 0 Å². The molecular formula is C17H16BrN3O2S. The zero-order chi connectivity index (χ0) is 17.2. The Balaban J connectivity index is 1.76. The van der Waals surface area contributed by atoms with Gasteiger partial charge in [0.1, 0.15) is 0 Å². The maximum Gasteiger partial charge on any atom is 0.261 e. The fourth-order valence-corrected chi connectivity index (χ4v) is 3.58. The van der Waals surface area contributed by atoms with Gasteiger partial charge < -0.3 is 0 Å². The lowest BCUT2D eigenvalue weighted by Crippen LogP contribution is -2.12. The minimum atomic E-state index is -3.62. The van der Waals surface area contributed by atoms with Gasteiger partial charge in [-0.05, 0) is 42.3 Å². The van der Waals surface area contributed by atoms with Gasteiger partial charge in [0.05, 0.1) is 23.3 Å². The van der Waals surface area contributed by atoms with E-state index in [1.54, 1.807) is 35.1 Å². The normalized spacial score (nSPS) is 11.4. The fourth-order valence-electron chi connectivity index (χ4n) is 2.29. The van der Waals surface area contributed by atoms with Crippen molar-refractivity contribution in [2.45, 2.75) is 18.4 Å². The minimum absolute atomic E-state index is 0.206. The first-order valence-corrected chi connectivity index (χ1v) is 9.57. The highest BCUT2D eigenvalue weighted by Crippen LogP contribution is 2.18. The highest BCUT2D eigenvalue weighted by Gasteiger charge is 2.15. The summed E-state index contributed by atoms with van der Waals surface area (Å²) in [4.78, 5) is 0.206. The van der Waals surface area contributed by atoms with Gasteiger partial charge in [0.2, 0.25) is 0 Å². The third kappa shape index (κ3) is 3.85. The molecule has 24 heavy (non-hydrogen) atoms. The van der Waals surface area contributed by atoms with Crippen molar-refractivity contribution in [3.05, 3.63) is 76.5 Å². The van der Waals surface area contributed by atoms with Crippen LogP contribution < -0.4 is 4.72 Å². The van der Waals surface area contributed by atoms with Crippen molar-refractivity contribution in [1.82, 2.24) is 9.78 Å². The molecule has 0 unspecified atom stereocenters. The number of nitrogens with zero attached hydrogens (tertiary/aromatic N) is 2. The van der Waals surface area contributed by atoms with Crippen molar-refractivity contribution in [3.63, 3.8) is 0 Å². The van der Waals surface area contributed by atoms with Crippen molar-refractivity contribution in [1.29, 1.82) is 0 Å². The van der Waals surface area contributed by atoms with E-state index >= 15 is 0 Å². The summed E-state index contributed by atoms with van der Waals surface area (Å²) in [7, 11) is -3.62. The molecule has 0 saturated heterocycles. The minimum Gasteiger partial charge on any atom is -0.276 e. The summed E-state index contributed by atoms with van der Waals surface area (Å²) >= 11 is 3.29. The second-order valence-electron chi connectivity index (χ2n) is 5.41. The highest BCUT2D eigenvalue weighted by atomic mass is 79.9. The van der Waals surface area contributed by atoms with Crippen LogP contribution in [0.1, 0.15) is 11.1 Å². The first-order valence-electron chi connectivity index (χ1n) is 7.29. The molecular weight excluding hydrogens is 390 g/mol. The van der Waals surface area contributed by atoms with Gasteiger partial charge in [0.25, 0.3) is 10.0 Å². The van der Waals surface area contributed by atoms with Crippen LogP contribution in [0, 0.1) is 6.92 Å². The molecule has 0 spiro atoms. The Morgan fingerprint density at radius 3 is 2.54 bits per heavy atom. The number of rotatable bonds is 5. The topological polar surface area (TPSA) is 64.0 Å². The number of anilines is 1. The Kier molecular flexibility index (Phi) is 4.73. The molecule has 3 rings (SSSR count).